The molecule has 0 amide bonds. The van der Waals surface area contributed by atoms with Crippen molar-refractivity contribution in [1.29, 1.82) is 0 Å². The van der Waals surface area contributed by atoms with Crippen molar-refractivity contribution in [1.82, 2.24) is 0 Å². The Morgan fingerprint density at radius 3 is 2.43 bits per heavy atom. The predicted octanol–water partition coefficient (Wildman–Crippen LogP) is 4.75. The van der Waals surface area contributed by atoms with Crippen molar-refractivity contribution in [2.75, 3.05) is 6.61 Å². The molecular formula is C19H21ClO3. The second-order valence-electron chi connectivity index (χ2n) is 6.12. The molecule has 0 spiro atoms. The van der Waals surface area contributed by atoms with Gasteiger partial charge in [0.05, 0.1) is 13.2 Å². The third-order valence-corrected chi connectivity index (χ3v) is 4.13. The van der Waals surface area contributed by atoms with Gasteiger partial charge in [0.2, 0.25) is 0 Å². The van der Waals surface area contributed by atoms with Gasteiger partial charge in [-0.25, -0.2) is 0 Å². The summed E-state index contributed by atoms with van der Waals surface area (Å²) in [4.78, 5) is 0. The lowest BCUT2D eigenvalue weighted by atomic mass is 10.1. The van der Waals surface area contributed by atoms with Gasteiger partial charge in [-0.3, -0.25) is 0 Å². The molecule has 1 aliphatic rings. The molecule has 0 bridgehead atoms. The lowest BCUT2D eigenvalue weighted by Crippen LogP contribution is -2.24. The topological polar surface area (TPSA) is 27.7 Å². The fourth-order valence-electron chi connectivity index (χ4n) is 2.79. The molecule has 122 valence electrons. The van der Waals surface area contributed by atoms with E-state index in [2.05, 4.69) is 0 Å². The van der Waals surface area contributed by atoms with Gasteiger partial charge in [-0.05, 0) is 25.5 Å². The first-order valence-corrected chi connectivity index (χ1v) is 8.15. The molecule has 2 aromatic carbocycles. The molecule has 3 nitrogen and oxygen atoms in total. The van der Waals surface area contributed by atoms with Crippen LogP contribution in [0.15, 0.2) is 54.6 Å². The quantitative estimate of drug-likeness (QED) is 0.790. The first kappa shape index (κ1) is 16.5. The molecule has 2 aromatic rings. The Kier molecular flexibility index (Phi) is 5.02. The Morgan fingerprint density at radius 2 is 1.70 bits per heavy atom. The number of ether oxygens (including phenoxy) is 3. The highest BCUT2D eigenvalue weighted by Crippen LogP contribution is 2.40. The lowest BCUT2D eigenvalue weighted by Gasteiger charge is -2.18. The maximum Gasteiger partial charge on any atom is 0.164 e. The zero-order valence-electron chi connectivity index (χ0n) is 13.4. The van der Waals surface area contributed by atoms with Gasteiger partial charge in [0, 0.05) is 10.6 Å². The predicted molar refractivity (Wildman–Crippen MR) is 90.3 cm³/mol. The maximum absolute atomic E-state index is 6.32. The molecule has 1 fully saturated rings. The van der Waals surface area contributed by atoms with Crippen LogP contribution in [-0.4, -0.2) is 18.5 Å². The summed E-state index contributed by atoms with van der Waals surface area (Å²) in [5.74, 6) is -0.648. The summed E-state index contributed by atoms with van der Waals surface area (Å²) in [5, 5.41) is 0.687. The van der Waals surface area contributed by atoms with E-state index >= 15 is 0 Å². The summed E-state index contributed by atoms with van der Waals surface area (Å²) in [6.45, 7) is 4.83. The molecule has 0 radical (unpaired) electrons. The highest BCUT2D eigenvalue weighted by Gasteiger charge is 2.42. The Hall–Kier alpha value is -1.39. The minimum Gasteiger partial charge on any atom is -0.374 e. The molecule has 1 unspecified atom stereocenters. The van der Waals surface area contributed by atoms with E-state index in [0.717, 1.165) is 11.1 Å². The van der Waals surface area contributed by atoms with E-state index in [1.54, 1.807) is 0 Å². The Labute approximate surface area is 142 Å². The molecule has 4 heteroatoms. The van der Waals surface area contributed by atoms with Gasteiger partial charge in [-0.1, -0.05) is 60.1 Å². The minimum atomic E-state index is -0.648. The zero-order chi connectivity index (χ0) is 16.3. The fourth-order valence-corrected chi connectivity index (χ4v) is 3.04. The summed E-state index contributed by atoms with van der Waals surface area (Å²) >= 11 is 6.32. The molecule has 23 heavy (non-hydrogen) atoms. The van der Waals surface area contributed by atoms with Crippen molar-refractivity contribution in [3.63, 3.8) is 0 Å². The number of halogens is 1. The zero-order valence-corrected chi connectivity index (χ0v) is 14.1. The van der Waals surface area contributed by atoms with Gasteiger partial charge >= 0.3 is 0 Å². The first-order valence-electron chi connectivity index (χ1n) is 7.77. The van der Waals surface area contributed by atoms with Gasteiger partial charge in [0.1, 0.15) is 12.2 Å². The van der Waals surface area contributed by atoms with Crippen LogP contribution in [0.25, 0.3) is 0 Å². The van der Waals surface area contributed by atoms with Crippen LogP contribution in [0, 0.1) is 0 Å². The van der Waals surface area contributed by atoms with Crippen LogP contribution < -0.4 is 0 Å². The van der Waals surface area contributed by atoms with Gasteiger partial charge in [0.15, 0.2) is 5.79 Å². The van der Waals surface area contributed by atoms with Crippen molar-refractivity contribution in [3.8, 4) is 0 Å². The summed E-state index contributed by atoms with van der Waals surface area (Å²) < 4.78 is 17.9. The number of rotatable bonds is 5. The molecular weight excluding hydrogens is 312 g/mol. The largest absolute Gasteiger partial charge is 0.374 e. The van der Waals surface area contributed by atoms with E-state index in [1.165, 1.54) is 0 Å². The van der Waals surface area contributed by atoms with Crippen LogP contribution in [0.3, 0.4) is 0 Å². The third-order valence-electron chi connectivity index (χ3n) is 3.79. The Balaban J connectivity index is 1.67. The van der Waals surface area contributed by atoms with Gasteiger partial charge in [-0.15, -0.1) is 0 Å². The van der Waals surface area contributed by atoms with E-state index < -0.39 is 5.79 Å². The second-order valence-corrected chi connectivity index (χ2v) is 6.52. The maximum atomic E-state index is 6.32. The summed E-state index contributed by atoms with van der Waals surface area (Å²) in [5.41, 5.74) is 2.08. The second kappa shape index (κ2) is 7.02. The molecule has 0 aliphatic carbocycles. The highest BCUT2D eigenvalue weighted by molar-refractivity contribution is 6.31. The first-order chi connectivity index (χ1) is 11.1. The van der Waals surface area contributed by atoms with E-state index in [-0.39, 0.29) is 12.2 Å². The van der Waals surface area contributed by atoms with E-state index in [4.69, 9.17) is 25.8 Å². The monoisotopic (exact) mass is 332 g/mol. The van der Waals surface area contributed by atoms with Crippen molar-refractivity contribution >= 4 is 11.6 Å². The van der Waals surface area contributed by atoms with Crippen molar-refractivity contribution in [3.05, 3.63) is 70.7 Å². The minimum absolute atomic E-state index is 0.186. The van der Waals surface area contributed by atoms with Crippen molar-refractivity contribution in [2.24, 2.45) is 0 Å². The Morgan fingerprint density at radius 1 is 1.00 bits per heavy atom. The van der Waals surface area contributed by atoms with Gasteiger partial charge in [0.25, 0.3) is 0 Å². The standard InChI is InChI=1S/C19H21ClO3/c1-19(2)22-17(13-21-12-14-8-4-3-5-9-14)18(23-19)15-10-6-7-11-16(15)20/h3-11,17-18H,12-13H2,1-2H3/t17-,18?/m1/s1. The summed E-state index contributed by atoms with van der Waals surface area (Å²) in [6, 6.07) is 17.8. The van der Waals surface area contributed by atoms with E-state index in [0.29, 0.717) is 18.2 Å². The lowest BCUT2D eigenvalue weighted by molar-refractivity contribution is -0.151. The van der Waals surface area contributed by atoms with Crippen LogP contribution in [0.5, 0.6) is 0 Å². The summed E-state index contributed by atoms with van der Waals surface area (Å²) in [7, 11) is 0. The molecule has 0 aromatic heterocycles. The Bertz CT molecular complexity index is 642. The normalized spacial score (nSPS) is 23.1. The molecule has 0 saturated carbocycles. The SMILES string of the molecule is CC1(C)OC(c2ccccc2Cl)[C@@H](COCc2ccccc2)O1. The van der Waals surface area contributed by atoms with Crippen LogP contribution >= 0.6 is 11.6 Å². The fraction of sp³-hybridized carbons (Fsp3) is 0.368. The highest BCUT2D eigenvalue weighted by atomic mass is 35.5. The molecule has 1 saturated heterocycles. The van der Waals surface area contributed by atoms with Crippen molar-refractivity contribution in [2.45, 2.75) is 38.4 Å². The van der Waals surface area contributed by atoms with Crippen LogP contribution in [-0.2, 0) is 20.8 Å². The van der Waals surface area contributed by atoms with Crippen LogP contribution in [0.4, 0.5) is 0 Å². The van der Waals surface area contributed by atoms with Gasteiger partial charge in [-0.2, -0.15) is 0 Å². The molecule has 0 N–H and O–H groups in total. The number of hydrogen-bond donors (Lipinski definition) is 0. The van der Waals surface area contributed by atoms with Gasteiger partial charge < -0.3 is 14.2 Å². The molecule has 3 rings (SSSR count). The molecule has 1 aliphatic heterocycles. The average molecular weight is 333 g/mol. The average Bonchev–Trinajstić information content (AvgIpc) is 2.84. The molecule has 2 atom stereocenters. The van der Waals surface area contributed by atoms with Crippen LogP contribution in [0.2, 0.25) is 5.02 Å². The smallest absolute Gasteiger partial charge is 0.164 e. The third kappa shape index (κ3) is 4.12. The summed E-state index contributed by atoms with van der Waals surface area (Å²) in [6.07, 6.45) is -0.414. The number of hydrogen-bond acceptors (Lipinski definition) is 3. The van der Waals surface area contributed by atoms with Crippen LogP contribution in [0.1, 0.15) is 31.1 Å². The van der Waals surface area contributed by atoms with E-state index in [9.17, 15) is 0 Å². The van der Waals surface area contributed by atoms with E-state index in [1.807, 2.05) is 68.4 Å². The molecule has 1 heterocycles. The number of benzene rings is 2. The van der Waals surface area contributed by atoms with Crippen molar-refractivity contribution < 1.29 is 14.2 Å².